The Morgan fingerprint density at radius 3 is 2.68 bits per heavy atom. The summed E-state index contributed by atoms with van der Waals surface area (Å²) in [6.45, 7) is 1.24. The molecule has 1 aliphatic rings. The van der Waals surface area contributed by atoms with Crippen molar-refractivity contribution in [2.24, 2.45) is 0 Å². The van der Waals surface area contributed by atoms with Crippen molar-refractivity contribution in [3.8, 4) is 23.0 Å². The Hall–Kier alpha value is -3.42. The fourth-order valence-corrected chi connectivity index (χ4v) is 3.80. The lowest BCUT2D eigenvalue weighted by Gasteiger charge is -2.31. The quantitative estimate of drug-likeness (QED) is 0.597. The molecule has 0 bridgehead atoms. The van der Waals surface area contributed by atoms with Crippen molar-refractivity contribution in [2.45, 2.75) is 25.2 Å². The van der Waals surface area contributed by atoms with Gasteiger partial charge in [-0.2, -0.15) is 4.98 Å². The number of piperidine rings is 1. The van der Waals surface area contributed by atoms with Crippen LogP contribution < -0.4 is 9.47 Å². The van der Waals surface area contributed by atoms with Crippen LogP contribution in [-0.2, 0) is 11.2 Å². The van der Waals surface area contributed by atoms with Crippen LogP contribution in [0.15, 0.2) is 47.0 Å². The summed E-state index contributed by atoms with van der Waals surface area (Å²) in [5, 5.41) is 4.11. The fourth-order valence-electron chi connectivity index (χ4n) is 3.80. The number of nitrogens with zero attached hydrogens (tertiary/aromatic N) is 3. The number of rotatable bonds is 6. The molecule has 7 nitrogen and oxygen atoms in total. The highest BCUT2D eigenvalue weighted by molar-refractivity contribution is 5.79. The third-order valence-electron chi connectivity index (χ3n) is 5.48. The minimum atomic E-state index is -0.320. The number of carbonyl (C=O) groups excluding carboxylic acids is 1. The molecule has 1 fully saturated rings. The van der Waals surface area contributed by atoms with Gasteiger partial charge in [0.25, 0.3) is 5.89 Å². The molecule has 162 valence electrons. The Morgan fingerprint density at radius 2 is 1.94 bits per heavy atom. The normalized spacial score (nSPS) is 16.2. The Bertz CT molecular complexity index is 1050. The Balaban J connectivity index is 1.43. The van der Waals surface area contributed by atoms with Gasteiger partial charge in [-0.25, -0.2) is 4.39 Å². The van der Waals surface area contributed by atoms with Crippen LogP contribution in [0.25, 0.3) is 11.5 Å². The van der Waals surface area contributed by atoms with E-state index in [0.717, 1.165) is 18.4 Å². The van der Waals surface area contributed by atoms with Crippen LogP contribution in [0.3, 0.4) is 0 Å². The van der Waals surface area contributed by atoms with Crippen molar-refractivity contribution in [3.05, 3.63) is 59.7 Å². The summed E-state index contributed by atoms with van der Waals surface area (Å²) < 4.78 is 29.1. The van der Waals surface area contributed by atoms with E-state index in [1.165, 1.54) is 12.1 Å². The van der Waals surface area contributed by atoms with Gasteiger partial charge in [0.1, 0.15) is 5.82 Å². The fraction of sp³-hybridized carbons (Fsp3) is 0.348. The molecule has 4 rings (SSSR count). The van der Waals surface area contributed by atoms with Gasteiger partial charge in [-0.05, 0) is 54.8 Å². The number of methoxy groups -OCH3 is 2. The average Bonchev–Trinajstić information content (AvgIpc) is 3.30. The maximum Gasteiger partial charge on any atom is 0.257 e. The van der Waals surface area contributed by atoms with Gasteiger partial charge >= 0.3 is 0 Å². The molecule has 2 aromatic carbocycles. The van der Waals surface area contributed by atoms with Crippen molar-refractivity contribution in [3.63, 3.8) is 0 Å². The zero-order valence-electron chi connectivity index (χ0n) is 17.5. The number of ether oxygens (including phenoxy) is 2. The molecule has 1 aromatic heterocycles. The summed E-state index contributed by atoms with van der Waals surface area (Å²) in [7, 11) is 3.15. The van der Waals surface area contributed by atoms with Crippen molar-refractivity contribution in [1.82, 2.24) is 15.0 Å². The molecule has 8 heteroatoms. The molecule has 0 radical (unpaired) electrons. The van der Waals surface area contributed by atoms with Crippen molar-refractivity contribution in [1.29, 1.82) is 0 Å². The molecule has 0 unspecified atom stereocenters. The number of carbonyl (C=O) groups is 1. The van der Waals surface area contributed by atoms with Gasteiger partial charge in [0.15, 0.2) is 17.3 Å². The molecular formula is C23H24FN3O4. The number of amides is 1. The Morgan fingerprint density at radius 1 is 1.16 bits per heavy atom. The van der Waals surface area contributed by atoms with Gasteiger partial charge < -0.3 is 18.9 Å². The third kappa shape index (κ3) is 4.68. The van der Waals surface area contributed by atoms with E-state index in [1.54, 1.807) is 32.4 Å². The molecule has 0 N–H and O–H groups in total. The van der Waals surface area contributed by atoms with Crippen LogP contribution in [0.1, 0.15) is 30.1 Å². The first-order chi connectivity index (χ1) is 15.1. The van der Waals surface area contributed by atoms with Gasteiger partial charge in [0.2, 0.25) is 5.91 Å². The lowest BCUT2D eigenvalue weighted by molar-refractivity contribution is -0.131. The third-order valence-corrected chi connectivity index (χ3v) is 5.48. The number of hydrogen-bond acceptors (Lipinski definition) is 6. The number of benzene rings is 2. The average molecular weight is 425 g/mol. The van der Waals surface area contributed by atoms with E-state index in [0.29, 0.717) is 41.9 Å². The molecule has 2 heterocycles. The smallest absolute Gasteiger partial charge is 0.257 e. The van der Waals surface area contributed by atoms with Gasteiger partial charge in [-0.15, -0.1) is 0 Å². The second-order valence-corrected chi connectivity index (χ2v) is 7.51. The lowest BCUT2D eigenvalue weighted by atomic mass is 9.96. The predicted molar refractivity (Wildman–Crippen MR) is 111 cm³/mol. The van der Waals surface area contributed by atoms with E-state index in [1.807, 2.05) is 17.0 Å². The standard InChI is InChI=1S/C23H24FN3O4/c1-29-19-10-5-15(12-20(19)30-2)13-21(28)27-11-3-4-17(14-27)22-25-23(31-26-22)16-6-8-18(24)9-7-16/h5-10,12,17H,3-4,11,13-14H2,1-2H3/t17-/m1/s1. The summed E-state index contributed by atoms with van der Waals surface area (Å²) >= 11 is 0. The van der Waals surface area contributed by atoms with Gasteiger partial charge in [0.05, 0.1) is 20.6 Å². The first-order valence-corrected chi connectivity index (χ1v) is 10.2. The van der Waals surface area contributed by atoms with E-state index in [4.69, 9.17) is 14.0 Å². The molecule has 0 spiro atoms. The molecule has 0 aliphatic carbocycles. The molecule has 1 amide bonds. The first-order valence-electron chi connectivity index (χ1n) is 10.2. The SMILES string of the molecule is COc1ccc(CC(=O)N2CCC[C@@H](c3noc(-c4ccc(F)cc4)n3)C2)cc1OC. The van der Waals surface area contributed by atoms with Gasteiger partial charge in [0, 0.05) is 24.6 Å². The minimum Gasteiger partial charge on any atom is -0.493 e. The lowest BCUT2D eigenvalue weighted by Crippen LogP contribution is -2.40. The minimum absolute atomic E-state index is 0.000974. The highest BCUT2D eigenvalue weighted by Crippen LogP contribution is 2.30. The topological polar surface area (TPSA) is 77.7 Å². The largest absolute Gasteiger partial charge is 0.493 e. The summed E-state index contributed by atoms with van der Waals surface area (Å²) in [4.78, 5) is 19.2. The number of hydrogen-bond donors (Lipinski definition) is 0. The number of likely N-dealkylation sites (tertiary alicyclic amines) is 1. The summed E-state index contributed by atoms with van der Waals surface area (Å²) in [6.07, 6.45) is 2.02. The van der Waals surface area contributed by atoms with E-state index in [2.05, 4.69) is 10.1 Å². The van der Waals surface area contributed by atoms with Crippen LogP contribution in [0.5, 0.6) is 11.5 Å². The van der Waals surface area contributed by atoms with Gasteiger partial charge in [-0.1, -0.05) is 11.2 Å². The molecule has 1 atom stereocenters. The zero-order chi connectivity index (χ0) is 21.8. The van der Waals surface area contributed by atoms with Crippen LogP contribution in [0, 0.1) is 5.82 Å². The molecule has 1 saturated heterocycles. The Labute approximate surface area is 179 Å². The molecular weight excluding hydrogens is 401 g/mol. The highest BCUT2D eigenvalue weighted by atomic mass is 19.1. The van der Waals surface area contributed by atoms with Crippen LogP contribution in [0.2, 0.25) is 0 Å². The maximum atomic E-state index is 13.1. The van der Waals surface area contributed by atoms with E-state index >= 15 is 0 Å². The van der Waals surface area contributed by atoms with Crippen LogP contribution in [0.4, 0.5) is 4.39 Å². The molecule has 1 aliphatic heterocycles. The molecule has 0 saturated carbocycles. The number of halogens is 1. The monoisotopic (exact) mass is 425 g/mol. The maximum absolute atomic E-state index is 13.1. The summed E-state index contributed by atoms with van der Waals surface area (Å²) in [5.74, 6) is 1.88. The van der Waals surface area contributed by atoms with Crippen molar-refractivity contribution < 1.29 is 23.2 Å². The van der Waals surface area contributed by atoms with Gasteiger partial charge in [-0.3, -0.25) is 4.79 Å². The van der Waals surface area contributed by atoms with E-state index in [9.17, 15) is 9.18 Å². The first kappa shape index (κ1) is 20.8. The van der Waals surface area contributed by atoms with Crippen molar-refractivity contribution >= 4 is 5.91 Å². The predicted octanol–water partition coefficient (Wildman–Crippen LogP) is 3.84. The Kier molecular flexibility index (Phi) is 6.16. The van der Waals surface area contributed by atoms with Crippen LogP contribution >= 0.6 is 0 Å². The second kappa shape index (κ2) is 9.16. The molecule has 3 aromatic rings. The highest BCUT2D eigenvalue weighted by Gasteiger charge is 2.28. The molecule has 31 heavy (non-hydrogen) atoms. The second-order valence-electron chi connectivity index (χ2n) is 7.51. The van der Waals surface area contributed by atoms with Crippen LogP contribution in [-0.4, -0.2) is 48.3 Å². The van der Waals surface area contributed by atoms with E-state index in [-0.39, 0.29) is 24.1 Å². The summed E-state index contributed by atoms with van der Waals surface area (Å²) in [5.41, 5.74) is 1.53. The van der Waals surface area contributed by atoms with E-state index < -0.39 is 0 Å². The number of aromatic nitrogens is 2. The van der Waals surface area contributed by atoms with Crippen molar-refractivity contribution in [2.75, 3.05) is 27.3 Å². The summed E-state index contributed by atoms with van der Waals surface area (Å²) in [6, 6.07) is 11.4. The zero-order valence-corrected chi connectivity index (χ0v) is 17.5.